The molecule has 0 aliphatic rings. The summed E-state index contributed by atoms with van der Waals surface area (Å²) < 4.78 is 36.3. The van der Waals surface area contributed by atoms with E-state index >= 15 is 0 Å². The van der Waals surface area contributed by atoms with Crippen LogP contribution in [0.3, 0.4) is 0 Å². The Morgan fingerprint density at radius 3 is 2.32 bits per heavy atom. The topological polar surface area (TPSA) is 63.6 Å². The van der Waals surface area contributed by atoms with E-state index in [1.807, 2.05) is 25.1 Å². The summed E-state index contributed by atoms with van der Waals surface area (Å²) in [5.74, 6) is 0.586. The first-order chi connectivity index (χ1) is 13.3. The molecule has 0 aliphatic carbocycles. The fourth-order valence-electron chi connectivity index (χ4n) is 2.98. The van der Waals surface area contributed by atoms with Gasteiger partial charge in [-0.05, 0) is 61.9 Å². The highest BCUT2D eigenvalue weighted by molar-refractivity contribution is 7.85. The van der Waals surface area contributed by atoms with Crippen molar-refractivity contribution in [2.75, 3.05) is 12.9 Å². The maximum absolute atomic E-state index is 10.9. The average Bonchev–Trinajstić information content (AvgIpc) is 2.65. The SMILES string of the molecule is C/C=C/c1cc(CCCCS(=O)(=O)O)c(/C=C/c2ccc(C)cc2)cc1OC. The smallest absolute Gasteiger partial charge is 0.264 e. The van der Waals surface area contributed by atoms with Gasteiger partial charge in [0.1, 0.15) is 5.75 Å². The standard InChI is InChI=1S/C23H28O4S/c1-4-7-22-16-20(8-5-6-15-28(24,25)26)21(17-23(22)27-3)14-13-19-11-9-18(2)10-12-19/h4,7,9-14,16-17H,5-6,8,15H2,1-3H3,(H,24,25,26)/b7-4+,14-13+. The van der Waals surface area contributed by atoms with Gasteiger partial charge >= 0.3 is 0 Å². The number of rotatable bonds is 9. The van der Waals surface area contributed by atoms with Crippen LogP contribution in [-0.4, -0.2) is 25.8 Å². The summed E-state index contributed by atoms with van der Waals surface area (Å²) in [4.78, 5) is 0. The van der Waals surface area contributed by atoms with Gasteiger partial charge in [-0.2, -0.15) is 8.42 Å². The predicted molar refractivity (Wildman–Crippen MR) is 117 cm³/mol. The monoisotopic (exact) mass is 400 g/mol. The number of ether oxygens (including phenoxy) is 1. The third-order valence-electron chi connectivity index (χ3n) is 4.47. The summed E-state index contributed by atoms with van der Waals surface area (Å²) in [5, 5.41) is 0. The van der Waals surface area contributed by atoms with E-state index in [0.717, 1.165) is 34.4 Å². The number of unbranched alkanes of at least 4 members (excludes halogenated alkanes) is 1. The molecule has 2 rings (SSSR count). The lowest BCUT2D eigenvalue weighted by Crippen LogP contribution is -2.04. The van der Waals surface area contributed by atoms with E-state index in [1.165, 1.54) is 5.56 Å². The molecule has 0 radical (unpaired) electrons. The minimum atomic E-state index is -3.91. The zero-order chi connectivity index (χ0) is 20.6. The normalized spacial score (nSPS) is 12.1. The van der Waals surface area contributed by atoms with Crippen LogP contribution in [0.1, 0.15) is 47.6 Å². The van der Waals surface area contributed by atoms with Crippen molar-refractivity contribution in [1.29, 1.82) is 0 Å². The molecule has 4 nitrogen and oxygen atoms in total. The molecule has 150 valence electrons. The first-order valence-corrected chi connectivity index (χ1v) is 11.0. The number of benzene rings is 2. The molecular weight excluding hydrogens is 372 g/mol. The Morgan fingerprint density at radius 1 is 1.00 bits per heavy atom. The molecule has 0 heterocycles. The first kappa shape index (κ1) is 21.9. The molecule has 0 aliphatic heterocycles. The lowest BCUT2D eigenvalue weighted by atomic mass is 9.97. The van der Waals surface area contributed by atoms with Gasteiger partial charge in [-0.15, -0.1) is 0 Å². The Balaban J connectivity index is 2.30. The molecule has 0 fully saturated rings. The number of hydrogen-bond acceptors (Lipinski definition) is 3. The van der Waals surface area contributed by atoms with E-state index in [2.05, 4.69) is 49.4 Å². The highest BCUT2D eigenvalue weighted by atomic mass is 32.2. The molecule has 0 spiro atoms. The van der Waals surface area contributed by atoms with Crippen molar-refractivity contribution in [3.05, 3.63) is 70.3 Å². The molecule has 2 aromatic carbocycles. The van der Waals surface area contributed by atoms with E-state index in [4.69, 9.17) is 9.29 Å². The number of methoxy groups -OCH3 is 1. The molecule has 0 atom stereocenters. The first-order valence-electron chi connectivity index (χ1n) is 9.36. The van der Waals surface area contributed by atoms with E-state index < -0.39 is 10.1 Å². The Morgan fingerprint density at radius 2 is 1.71 bits per heavy atom. The Kier molecular flexibility index (Phi) is 8.03. The molecule has 0 saturated heterocycles. The van der Waals surface area contributed by atoms with Crippen molar-refractivity contribution in [2.45, 2.75) is 33.1 Å². The molecule has 28 heavy (non-hydrogen) atoms. The van der Waals surface area contributed by atoms with Gasteiger partial charge in [0.05, 0.1) is 12.9 Å². The largest absolute Gasteiger partial charge is 0.496 e. The van der Waals surface area contributed by atoms with Crippen molar-refractivity contribution in [3.63, 3.8) is 0 Å². The van der Waals surface area contributed by atoms with E-state index in [-0.39, 0.29) is 5.75 Å². The molecule has 0 aromatic heterocycles. The van der Waals surface area contributed by atoms with Gasteiger partial charge in [-0.1, -0.05) is 54.1 Å². The van der Waals surface area contributed by atoms with Gasteiger partial charge in [-0.25, -0.2) is 0 Å². The maximum atomic E-state index is 10.9. The van der Waals surface area contributed by atoms with Crippen molar-refractivity contribution in [1.82, 2.24) is 0 Å². The number of hydrogen-bond donors (Lipinski definition) is 1. The number of aryl methyl sites for hydroxylation is 2. The molecule has 0 saturated carbocycles. The summed E-state index contributed by atoms with van der Waals surface area (Å²) >= 11 is 0. The third kappa shape index (κ3) is 6.98. The van der Waals surface area contributed by atoms with Crippen LogP contribution in [0.5, 0.6) is 5.75 Å². The summed E-state index contributed by atoms with van der Waals surface area (Å²) in [5.41, 5.74) is 5.47. The molecule has 0 bridgehead atoms. The van der Waals surface area contributed by atoms with Crippen LogP contribution >= 0.6 is 0 Å². The fourth-order valence-corrected chi connectivity index (χ4v) is 3.55. The predicted octanol–water partition coefficient (Wildman–Crippen LogP) is 5.42. The summed E-state index contributed by atoms with van der Waals surface area (Å²) in [7, 11) is -2.26. The highest BCUT2D eigenvalue weighted by Crippen LogP contribution is 2.28. The molecule has 2 aromatic rings. The van der Waals surface area contributed by atoms with Crippen LogP contribution in [0.25, 0.3) is 18.2 Å². The van der Waals surface area contributed by atoms with Crippen molar-refractivity contribution in [2.24, 2.45) is 0 Å². The lowest BCUT2D eigenvalue weighted by molar-refractivity contribution is 0.413. The second kappa shape index (κ2) is 10.2. The molecular formula is C23H28O4S. The van der Waals surface area contributed by atoms with E-state index in [1.54, 1.807) is 7.11 Å². The fraction of sp³-hybridized carbons (Fsp3) is 0.304. The van der Waals surface area contributed by atoms with Crippen LogP contribution in [0.2, 0.25) is 0 Å². The van der Waals surface area contributed by atoms with E-state index in [0.29, 0.717) is 12.8 Å². The minimum Gasteiger partial charge on any atom is -0.496 e. The summed E-state index contributed by atoms with van der Waals surface area (Å²) in [6.45, 7) is 4.01. The maximum Gasteiger partial charge on any atom is 0.264 e. The van der Waals surface area contributed by atoms with Gasteiger partial charge in [0.15, 0.2) is 0 Å². The van der Waals surface area contributed by atoms with Crippen molar-refractivity contribution >= 4 is 28.3 Å². The highest BCUT2D eigenvalue weighted by Gasteiger charge is 2.09. The van der Waals surface area contributed by atoms with Crippen molar-refractivity contribution < 1.29 is 17.7 Å². The quantitative estimate of drug-likeness (QED) is 0.347. The average molecular weight is 401 g/mol. The van der Waals surface area contributed by atoms with Gasteiger partial charge in [0, 0.05) is 5.56 Å². The minimum absolute atomic E-state index is 0.209. The third-order valence-corrected chi connectivity index (χ3v) is 5.27. The second-order valence-corrected chi connectivity index (χ2v) is 8.35. The van der Waals surface area contributed by atoms with Crippen LogP contribution in [0.15, 0.2) is 42.5 Å². The zero-order valence-electron chi connectivity index (χ0n) is 16.7. The molecule has 1 N–H and O–H groups in total. The van der Waals surface area contributed by atoms with Crippen LogP contribution in [-0.2, 0) is 16.5 Å². The van der Waals surface area contributed by atoms with Crippen molar-refractivity contribution in [3.8, 4) is 5.75 Å². The van der Waals surface area contributed by atoms with Crippen LogP contribution in [0, 0.1) is 6.92 Å². The van der Waals surface area contributed by atoms with Gasteiger partial charge < -0.3 is 4.74 Å². The molecule has 0 amide bonds. The number of allylic oxidation sites excluding steroid dienone is 1. The van der Waals surface area contributed by atoms with Crippen LogP contribution in [0.4, 0.5) is 0 Å². The Hall–Kier alpha value is -2.37. The van der Waals surface area contributed by atoms with Crippen LogP contribution < -0.4 is 4.74 Å². The van der Waals surface area contributed by atoms with Gasteiger partial charge in [0.2, 0.25) is 0 Å². The van der Waals surface area contributed by atoms with Gasteiger partial charge in [-0.3, -0.25) is 4.55 Å². The lowest BCUT2D eigenvalue weighted by Gasteiger charge is -2.12. The molecule has 0 unspecified atom stereocenters. The summed E-state index contributed by atoms with van der Waals surface area (Å²) in [6, 6.07) is 12.4. The summed E-state index contributed by atoms with van der Waals surface area (Å²) in [6.07, 6.45) is 9.89. The van der Waals surface area contributed by atoms with Gasteiger partial charge in [0.25, 0.3) is 10.1 Å². The Labute approximate surface area is 168 Å². The zero-order valence-corrected chi connectivity index (χ0v) is 17.5. The second-order valence-electron chi connectivity index (χ2n) is 6.78. The Bertz CT molecular complexity index is 939. The molecule has 5 heteroatoms. The van der Waals surface area contributed by atoms with E-state index in [9.17, 15) is 8.42 Å².